The van der Waals surface area contributed by atoms with E-state index in [0.717, 1.165) is 16.6 Å². The summed E-state index contributed by atoms with van der Waals surface area (Å²) in [6, 6.07) is 9.44. The van der Waals surface area contributed by atoms with Crippen LogP contribution >= 0.6 is 11.6 Å². The summed E-state index contributed by atoms with van der Waals surface area (Å²) in [5, 5.41) is 4.10. The fourth-order valence-corrected chi connectivity index (χ4v) is 2.67. The van der Waals surface area contributed by atoms with Gasteiger partial charge in [-0.15, -0.1) is 0 Å². The van der Waals surface area contributed by atoms with Crippen LogP contribution in [0.1, 0.15) is 25.5 Å². The van der Waals surface area contributed by atoms with Crippen LogP contribution in [0.15, 0.2) is 41.3 Å². The first-order chi connectivity index (χ1) is 11.0. The fraction of sp³-hybridized carbons (Fsp3) is 0.235. The van der Waals surface area contributed by atoms with Gasteiger partial charge in [0.2, 0.25) is 5.95 Å². The van der Waals surface area contributed by atoms with Crippen molar-refractivity contribution in [3.63, 3.8) is 0 Å². The Labute approximate surface area is 139 Å². The number of para-hydroxylation sites is 1. The molecule has 118 valence electrons. The van der Waals surface area contributed by atoms with E-state index in [1.165, 1.54) is 0 Å². The molecule has 3 rings (SSSR count). The van der Waals surface area contributed by atoms with Gasteiger partial charge in [-0.2, -0.15) is 4.98 Å². The first-order valence-electron chi connectivity index (χ1n) is 7.38. The average Bonchev–Trinajstić information content (AvgIpc) is 2.51. The van der Waals surface area contributed by atoms with Crippen LogP contribution in [-0.4, -0.2) is 14.5 Å². The molecule has 23 heavy (non-hydrogen) atoms. The van der Waals surface area contributed by atoms with E-state index < -0.39 is 0 Å². The van der Waals surface area contributed by atoms with Crippen LogP contribution in [-0.2, 0) is 0 Å². The van der Waals surface area contributed by atoms with E-state index in [0.29, 0.717) is 11.6 Å². The molecular formula is C17H17ClN4O. The number of hydrogen-bond acceptors (Lipinski definition) is 4. The van der Waals surface area contributed by atoms with Crippen molar-refractivity contribution < 1.29 is 0 Å². The molecule has 0 aliphatic heterocycles. The number of fused-ring (bicyclic) bond motifs is 1. The van der Waals surface area contributed by atoms with Crippen LogP contribution in [0, 0.1) is 6.92 Å². The standard InChI is InChI=1S/C17H17ClN4O/c1-10(2)22-15-12(8-13(18)16(22)23)9-19-17(21-15)20-14-7-5-4-6-11(14)3/h4-10H,1-3H3,(H,19,20,21). The zero-order chi connectivity index (χ0) is 16.6. The van der Waals surface area contributed by atoms with E-state index >= 15 is 0 Å². The zero-order valence-electron chi connectivity index (χ0n) is 13.2. The largest absolute Gasteiger partial charge is 0.324 e. The van der Waals surface area contributed by atoms with Crippen LogP contribution in [0.4, 0.5) is 11.6 Å². The van der Waals surface area contributed by atoms with Gasteiger partial charge in [0.05, 0.1) is 0 Å². The summed E-state index contributed by atoms with van der Waals surface area (Å²) < 4.78 is 1.59. The summed E-state index contributed by atoms with van der Waals surface area (Å²) in [6.07, 6.45) is 1.67. The molecule has 0 unspecified atom stereocenters. The van der Waals surface area contributed by atoms with Crippen molar-refractivity contribution >= 4 is 34.3 Å². The van der Waals surface area contributed by atoms with Crippen LogP contribution in [0.3, 0.4) is 0 Å². The highest BCUT2D eigenvalue weighted by molar-refractivity contribution is 6.31. The second kappa shape index (κ2) is 6.01. The predicted octanol–water partition coefficient (Wildman–Crippen LogP) is 4.08. The molecule has 0 saturated carbocycles. The van der Waals surface area contributed by atoms with Crippen molar-refractivity contribution in [1.29, 1.82) is 0 Å². The van der Waals surface area contributed by atoms with Gasteiger partial charge in [-0.05, 0) is 38.5 Å². The molecule has 0 bridgehead atoms. The molecule has 0 atom stereocenters. The highest BCUT2D eigenvalue weighted by Crippen LogP contribution is 2.21. The maximum Gasteiger partial charge on any atom is 0.271 e. The lowest BCUT2D eigenvalue weighted by atomic mass is 10.2. The summed E-state index contributed by atoms with van der Waals surface area (Å²) >= 11 is 6.02. The minimum Gasteiger partial charge on any atom is -0.324 e. The number of nitrogens with one attached hydrogen (secondary N) is 1. The van der Waals surface area contributed by atoms with E-state index in [9.17, 15) is 4.79 Å². The van der Waals surface area contributed by atoms with Gasteiger partial charge in [-0.25, -0.2) is 4.98 Å². The van der Waals surface area contributed by atoms with Crippen LogP contribution < -0.4 is 10.9 Å². The Morgan fingerprint density at radius 3 is 2.70 bits per heavy atom. The first-order valence-corrected chi connectivity index (χ1v) is 7.75. The maximum atomic E-state index is 12.3. The number of aromatic nitrogens is 3. The summed E-state index contributed by atoms with van der Waals surface area (Å²) in [5.74, 6) is 0.447. The minimum atomic E-state index is -0.241. The molecule has 6 heteroatoms. The van der Waals surface area contributed by atoms with Crippen molar-refractivity contribution in [3.05, 3.63) is 57.5 Å². The normalized spacial score (nSPS) is 11.2. The Bertz CT molecular complexity index is 934. The SMILES string of the molecule is Cc1ccccc1Nc1ncc2cc(Cl)c(=O)n(C(C)C)c2n1. The molecule has 1 aromatic carbocycles. The Hall–Kier alpha value is -2.40. The summed E-state index contributed by atoms with van der Waals surface area (Å²) in [5.41, 5.74) is 2.35. The monoisotopic (exact) mass is 328 g/mol. The van der Waals surface area contributed by atoms with Crippen molar-refractivity contribution in [3.8, 4) is 0 Å². The van der Waals surface area contributed by atoms with Crippen molar-refractivity contribution in [2.75, 3.05) is 5.32 Å². The number of anilines is 2. The molecule has 2 heterocycles. The smallest absolute Gasteiger partial charge is 0.271 e. The van der Waals surface area contributed by atoms with E-state index in [1.807, 2.05) is 45.0 Å². The minimum absolute atomic E-state index is 0.0510. The van der Waals surface area contributed by atoms with Crippen molar-refractivity contribution in [2.24, 2.45) is 0 Å². The van der Waals surface area contributed by atoms with E-state index in [2.05, 4.69) is 15.3 Å². The van der Waals surface area contributed by atoms with E-state index in [1.54, 1.807) is 16.8 Å². The Morgan fingerprint density at radius 2 is 2.00 bits per heavy atom. The zero-order valence-corrected chi connectivity index (χ0v) is 13.9. The molecular weight excluding hydrogens is 312 g/mol. The quantitative estimate of drug-likeness (QED) is 0.787. The van der Waals surface area contributed by atoms with E-state index in [-0.39, 0.29) is 16.6 Å². The molecule has 1 N–H and O–H groups in total. The second-order valence-electron chi connectivity index (χ2n) is 5.67. The third-order valence-corrected chi connectivity index (χ3v) is 3.91. The van der Waals surface area contributed by atoms with Gasteiger partial charge in [-0.3, -0.25) is 9.36 Å². The molecule has 0 aliphatic carbocycles. The molecule has 5 nitrogen and oxygen atoms in total. The summed E-state index contributed by atoms with van der Waals surface area (Å²) in [6.45, 7) is 5.86. The molecule has 0 radical (unpaired) electrons. The van der Waals surface area contributed by atoms with E-state index in [4.69, 9.17) is 11.6 Å². The van der Waals surface area contributed by atoms with Gasteiger partial charge in [0.15, 0.2) is 0 Å². The molecule has 0 spiro atoms. The third-order valence-electron chi connectivity index (χ3n) is 3.64. The molecule has 0 aliphatic rings. The third kappa shape index (κ3) is 2.92. The van der Waals surface area contributed by atoms with Gasteiger partial charge in [0, 0.05) is 23.3 Å². The lowest BCUT2D eigenvalue weighted by Gasteiger charge is -2.14. The summed E-state index contributed by atoms with van der Waals surface area (Å²) in [4.78, 5) is 21.1. The highest BCUT2D eigenvalue weighted by atomic mass is 35.5. The molecule has 3 aromatic rings. The summed E-state index contributed by atoms with van der Waals surface area (Å²) in [7, 11) is 0. The van der Waals surface area contributed by atoms with Crippen LogP contribution in [0.25, 0.3) is 11.0 Å². The van der Waals surface area contributed by atoms with Gasteiger partial charge in [0.25, 0.3) is 5.56 Å². The van der Waals surface area contributed by atoms with Crippen LogP contribution in [0.2, 0.25) is 5.02 Å². The molecule has 0 fully saturated rings. The highest BCUT2D eigenvalue weighted by Gasteiger charge is 2.13. The van der Waals surface area contributed by atoms with Gasteiger partial charge in [-0.1, -0.05) is 29.8 Å². The number of aryl methyl sites for hydroxylation is 1. The average molecular weight is 329 g/mol. The Morgan fingerprint density at radius 1 is 1.26 bits per heavy atom. The van der Waals surface area contributed by atoms with Gasteiger partial charge in [0.1, 0.15) is 10.7 Å². The lowest BCUT2D eigenvalue weighted by Crippen LogP contribution is -2.23. The van der Waals surface area contributed by atoms with Gasteiger partial charge >= 0.3 is 0 Å². The van der Waals surface area contributed by atoms with Gasteiger partial charge < -0.3 is 5.32 Å². The van der Waals surface area contributed by atoms with Crippen molar-refractivity contribution in [2.45, 2.75) is 26.8 Å². The number of benzene rings is 1. The predicted molar refractivity (Wildman–Crippen MR) is 93.7 cm³/mol. The number of halogens is 1. The number of hydrogen-bond donors (Lipinski definition) is 1. The van der Waals surface area contributed by atoms with Crippen molar-refractivity contribution in [1.82, 2.24) is 14.5 Å². The second-order valence-corrected chi connectivity index (χ2v) is 6.08. The topological polar surface area (TPSA) is 59.8 Å². The number of pyridine rings is 1. The Kier molecular flexibility index (Phi) is 4.05. The molecule has 0 amide bonds. The molecule has 2 aromatic heterocycles. The Balaban J connectivity index is 2.15. The maximum absolute atomic E-state index is 12.3. The fourth-order valence-electron chi connectivity index (χ4n) is 2.46. The number of nitrogens with zero attached hydrogens (tertiary/aromatic N) is 3. The first kappa shape index (κ1) is 15.5. The molecule has 0 saturated heterocycles. The van der Waals surface area contributed by atoms with Crippen LogP contribution in [0.5, 0.6) is 0 Å². The lowest BCUT2D eigenvalue weighted by molar-refractivity contribution is 0.595. The number of rotatable bonds is 3.